The molecular weight excluding hydrogens is 473 g/mol. The van der Waals surface area contributed by atoms with E-state index in [0.29, 0.717) is 26.1 Å². The molecule has 174 valence electrons. The number of nitrogens with zero attached hydrogens (tertiary/aromatic N) is 1. The van der Waals surface area contributed by atoms with Crippen LogP contribution in [0, 0.1) is 0 Å². The minimum Gasteiger partial charge on any atom is -0.460 e. The Morgan fingerprint density at radius 1 is 1.12 bits per heavy atom. The van der Waals surface area contributed by atoms with E-state index in [-0.39, 0.29) is 31.9 Å². The van der Waals surface area contributed by atoms with Crippen LogP contribution in [0.3, 0.4) is 0 Å². The third-order valence-corrected chi connectivity index (χ3v) is 7.68. The van der Waals surface area contributed by atoms with Gasteiger partial charge in [-0.05, 0) is 50.6 Å². The van der Waals surface area contributed by atoms with Gasteiger partial charge in [0, 0.05) is 19.6 Å². The fraction of sp³-hybridized carbons (Fsp3) is 0.435. The van der Waals surface area contributed by atoms with Crippen LogP contribution in [0.2, 0.25) is 10.0 Å². The molecule has 2 aromatic carbocycles. The van der Waals surface area contributed by atoms with Gasteiger partial charge < -0.3 is 9.47 Å². The van der Waals surface area contributed by atoms with Gasteiger partial charge in [-0.2, -0.15) is 0 Å². The first kappa shape index (κ1) is 25.0. The Morgan fingerprint density at radius 2 is 1.75 bits per heavy atom. The SMILES string of the molecule is CC(C)(C)OC(=O)CCN1CCOC(c2ccc(S(=O)(=O)c3c(Cl)cccc3Cl)cc2)C1. The van der Waals surface area contributed by atoms with E-state index >= 15 is 0 Å². The van der Waals surface area contributed by atoms with Gasteiger partial charge in [0.1, 0.15) is 10.5 Å². The molecule has 9 heteroatoms. The van der Waals surface area contributed by atoms with E-state index in [1.807, 2.05) is 20.8 Å². The molecule has 6 nitrogen and oxygen atoms in total. The fourth-order valence-corrected chi connectivity index (χ4v) is 5.85. The summed E-state index contributed by atoms with van der Waals surface area (Å²) in [5, 5.41) is 0.163. The lowest BCUT2D eigenvalue weighted by Crippen LogP contribution is -2.40. The molecule has 1 aliphatic heterocycles. The fourth-order valence-electron chi connectivity index (χ4n) is 3.47. The van der Waals surface area contributed by atoms with Gasteiger partial charge >= 0.3 is 5.97 Å². The van der Waals surface area contributed by atoms with Crippen LogP contribution >= 0.6 is 23.2 Å². The molecule has 0 amide bonds. The van der Waals surface area contributed by atoms with Crippen LogP contribution in [0.4, 0.5) is 0 Å². The first-order chi connectivity index (χ1) is 15.0. The van der Waals surface area contributed by atoms with Gasteiger partial charge in [0.25, 0.3) is 0 Å². The zero-order valence-corrected chi connectivity index (χ0v) is 20.6. The number of hydrogen-bond acceptors (Lipinski definition) is 6. The average Bonchev–Trinajstić information content (AvgIpc) is 2.71. The van der Waals surface area contributed by atoms with Gasteiger partial charge in [0.2, 0.25) is 9.84 Å². The largest absolute Gasteiger partial charge is 0.460 e. The molecule has 3 rings (SSSR count). The molecule has 1 atom stereocenters. The van der Waals surface area contributed by atoms with E-state index in [0.717, 1.165) is 12.1 Å². The Kier molecular flexibility index (Phi) is 7.89. The summed E-state index contributed by atoms with van der Waals surface area (Å²) in [5.41, 5.74) is 0.358. The van der Waals surface area contributed by atoms with Crippen LogP contribution < -0.4 is 0 Å². The van der Waals surface area contributed by atoms with E-state index in [1.54, 1.807) is 18.2 Å². The number of carbonyl (C=O) groups excluding carboxylic acids is 1. The molecule has 2 aromatic rings. The normalized spacial score (nSPS) is 17.8. The van der Waals surface area contributed by atoms with Crippen molar-refractivity contribution >= 4 is 39.0 Å². The summed E-state index contributed by atoms with van der Waals surface area (Å²) in [5.74, 6) is -0.228. The van der Waals surface area contributed by atoms with Crippen LogP contribution in [0.15, 0.2) is 52.3 Å². The smallest absolute Gasteiger partial charge is 0.307 e. The number of sulfone groups is 1. The molecule has 0 aromatic heterocycles. The van der Waals surface area contributed by atoms with Crippen LogP contribution in [0.1, 0.15) is 38.9 Å². The van der Waals surface area contributed by atoms with Crippen molar-refractivity contribution in [2.24, 2.45) is 0 Å². The van der Waals surface area contributed by atoms with Gasteiger partial charge in [-0.3, -0.25) is 9.69 Å². The summed E-state index contributed by atoms with van der Waals surface area (Å²) in [6.45, 7) is 7.96. The maximum absolute atomic E-state index is 13.0. The maximum atomic E-state index is 13.0. The Hall–Kier alpha value is -1.64. The number of rotatable bonds is 6. The van der Waals surface area contributed by atoms with Crippen molar-refractivity contribution in [1.82, 2.24) is 4.90 Å². The molecule has 0 N–H and O–H groups in total. The molecule has 0 saturated carbocycles. The lowest BCUT2D eigenvalue weighted by Gasteiger charge is -2.33. The molecule has 0 bridgehead atoms. The first-order valence-corrected chi connectivity index (χ1v) is 12.6. The van der Waals surface area contributed by atoms with Crippen LogP contribution in [0.25, 0.3) is 0 Å². The summed E-state index contributed by atoms with van der Waals surface area (Å²) in [4.78, 5) is 14.1. The summed E-state index contributed by atoms with van der Waals surface area (Å²) < 4.78 is 37.3. The minimum absolute atomic E-state index is 0.0813. The lowest BCUT2D eigenvalue weighted by molar-refractivity contribution is -0.155. The molecule has 0 aliphatic carbocycles. The van der Waals surface area contributed by atoms with Gasteiger partial charge in [-0.25, -0.2) is 8.42 Å². The molecule has 0 radical (unpaired) electrons. The number of hydrogen-bond donors (Lipinski definition) is 0. The van der Waals surface area contributed by atoms with Gasteiger partial charge in [-0.1, -0.05) is 41.4 Å². The van der Waals surface area contributed by atoms with E-state index < -0.39 is 15.4 Å². The summed E-state index contributed by atoms with van der Waals surface area (Å²) in [7, 11) is -3.86. The Bertz CT molecular complexity index is 1040. The zero-order valence-electron chi connectivity index (χ0n) is 18.3. The predicted molar refractivity (Wildman–Crippen MR) is 124 cm³/mol. The standard InChI is InChI=1S/C23H27Cl2NO5S/c1-23(2,3)31-21(27)11-12-26-13-14-30-20(15-26)16-7-9-17(10-8-16)32(28,29)22-18(24)5-4-6-19(22)25/h4-10,20H,11-15H2,1-3H3. The highest BCUT2D eigenvalue weighted by Gasteiger charge is 2.26. The van der Waals surface area contributed by atoms with E-state index in [1.165, 1.54) is 24.3 Å². The van der Waals surface area contributed by atoms with Crippen LogP contribution in [-0.2, 0) is 24.1 Å². The second kappa shape index (κ2) is 10.1. The third-order valence-electron chi connectivity index (χ3n) is 4.95. The Morgan fingerprint density at radius 3 is 2.34 bits per heavy atom. The summed E-state index contributed by atoms with van der Waals surface area (Å²) in [6, 6.07) is 11.1. The van der Waals surface area contributed by atoms with E-state index in [9.17, 15) is 13.2 Å². The minimum atomic E-state index is -3.86. The van der Waals surface area contributed by atoms with Gasteiger partial charge in [-0.15, -0.1) is 0 Å². The van der Waals surface area contributed by atoms with Crippen molar-refractivity contribution in [3.05, 3.63) is 58.1 Å². The highest BCUT2D eigenvalue weighted by atomic mass is 35.5. The van der Waals surface area contributed by atoms with Crippen LogP contribution in [-0.4, -0.2) is 51.1 Å². The van der Waals surface area contributed by atoms with Gasteiger partial charge in [0.15, 0.2) is 0 Å². The molecule has 1 unspecified atom stereocenters. The van der Waals surface area contributed by atoms with Crippen molar-refractivity contribution in [3.8, 4) is 0 Å². The van der Waals surface area contributed by atoms with Crippen molar-refractivity contribution in [2.75, 3.05) is 26.2 Å². The molecule has 32 heavy (non-hydrogen) atoms. The monoisotopic (exact) mass is 499 g/mol. The predicted octanol–water partition coefficient (Wildman–Crippen LogP) is 4.93. The molecular formula is C23H27Cl2NO5S. The second-order valence-corrected chi connectivity index (χ2v) is 11.3. The van der Waals surface area contributed by atoms with Crippen molar-refractivity contribution in [2.45, 2.75) is 48.7 Å². The highest BCUT2D eigenvalue weighted by Crippen LogP contribution is 2.34. The summed E-state index contributed by atoms with van der Waals surface area (Å²) in [6.07, 6.45) is 0.0859. The highest BCUT2D eigenvalue weighted by molar-refractivity contribution is 7.91. The number of esters is 1. The summed E-state index contributed by atoms with van der Waals surface area (Å²) >= 11 is 12.2. The van der Waals surface area contributed by atoms with Crippen LogP contribution in [0.5, 0.6) is 0 Å². The molecule has 1 fully saturated rings. The third kappa shape index (κ3) is 6.23. The van der Waals surface area contributed by atoms with Crippen molar-refractivity contribution < 1.29 is 22.7 Å². The number of ether oxygens (including phenoxy) is 2. The number of carbonyl (C=O) groups is 1. The average molecular weight is 500 g/mol. The van der Waals surface area contributed by atoms with Crippen molar-refractivity contribution in [1.29, 1.82) is 0 Å². The second-order valence-electron chi connectivity index (χ2n) is 8.62. The molecule has 1 saturated heterocycles. The molecule has 0 spiro atoms. The lowest BCUT2D eigenvalue weighted by atomic mass is 10.1. The quantitative estimate of drug-likeness (QED) is 0.524. The Balaban J connectivity index is 1.67. The topological polar surface area (TPSA) is 72.9 Å². The Labute approximate surface area is 199 Å². The number of morpholine rings is 1. The van der Waals surface area contributed by atoms with Gasteiger partial charge in [0.05, 0.1) is 34.1 Å². The van der Waals surface area contributed by atoms with E-state index in [2.05, 4.69) is 4.90 Å². The number of benzene rings is 2. The number of halogens is 2. The van der Waals surface area contributed by atoms with E-state index in [4.69, 9.17) is 32.7 Å². The zero-order chi connectivity index (χ0) is 23.5. The molecule has 1 heterocycles. The molecule has 1 aliphatic rings. The van der Waals surface area contributed by atoms with Crippen molar-refractivity contribution in [3.63, 3.8) is 0 Å². The maximum Gasteiger partial charge on any atom is 0.307 e. The first-order valence-electron chi connectivity index (χ1n) is 10.3.